The molecule has 0 aliphatic carbocycles. The van der Waals surface area contributed by atoms with Crippen LogP contribution < -0.4 is 5.73 Å². The molecule has 0 aromatic carbocycles. The zero-order valence-electron chi connectivity index (χ0n) is 10.5. The molecule has 5 heteroatoms. The van der Waals surface area contributed by atoms with Crippen molar-refractivity contribution in [2.24, 2.45) is 17.6 Å². The van der Waals surface area contributed by atoms with E-state index in [1.807, 2.05) is 13.8 Å². The standard InChI is InChI=1S/C11H24N2O2S/c1-9(2)5-7-16(14,15)13-6-4-10(3)11(13)8-12/h9-11H,4-8,12H2,1-3H3. The van der Waals surface area contributed by atoms with Gasteiger partial charge in [-0.2, -0.15) is 4.31 Å². The number of rotatable bonds is 5. The molecule has 0 saturated carbocycles. The van der Waals surface area contributed by atoms with Crippen molar-refractivity contribution >= 4 is 10.0 Å². The molecule has 0 bridgehead atoms. The fourth-order valence-corrected chi connectivity index (χ4v) is 4.26. The van der Waals surface area contributed by atoms with Crippen molar-refractivity contribution < 1.29 is 8.42 Å². The van der Waals surface area contributed by atoms with Gasteiger partial charge in [-0.3, -0.25) is 0 Å². The second-order valence-corrected chi connectivity index (χ2v) is 7.22. The number of nitrogens with two attached hydrogens (primary N) is 1. The van der Waals surface area contributed by atoms with Gasteiger partial charge in [0, 0.05) is 19.1 Å². The predicted molar refractivity (Wildman–Crippen MR) is 66.6 cm³/mol. The van der Waals surface area contributed by atoms with Crippen LogP contribution in [0.1, 0.15) is 33.6 Å². The number of hydrogen-bond donors (Lipinski definition) is 1. The molecule has 1 heterocycles. The normalized spacial score (nSPS) is 27.8. The topological polar surface area (TPSA) is 63.4 Å². The Morgan fingerprint density at radius 1 is 1.44 bits per heavy atom. The molecule has 0 aromatic heterocycles. The van der Waals surface area contributed by atoms with Gasteiger partial charge in [0.2, 0.25) is 10.0 Å². The van der Waals surface area contributed by atoms with Gasteiger partial charge in [-0.15, -0.1) is 0 Å². The van der Waals surface area contributed by atoms with Crippen molar-refractivity contribution in [2.75, 3.05) is 18.8 Å². The van der Waals surface area contributed by atoms with Crippen molar-refractivity contribution in [1.29, 1.82) is 0 Å². The molecule has 4 nitrogen and oxygen atoms in total. The van der Waals surface area contributed by atoms with Crippen LogP contribution in [0.3, 0.4) is 0 Å². The van der Waals surface area contributed by atoms with Gasteiger partial charge in [-0.1, -0.05) is 20.8 Å². The third kappa shape index (κ3) is 3.18. The molecular formula is C11H24N2O2S. The Balaban J connectivity index is 2.68. The van der Waals surface area contributed by atoms with E-state index in [1.54, 1.807) is 4.31 Å². The van der Waals surface area contributed by atoms with E-state index in [0.29, 0.717) is 24.9 Å². The first-order chi connectivity index (χ1) is 7.38. The molecular weight excluding hydrogens is 224 g/mol. The summed E-state index contributed by atoms with van der Waals surface area (Å²) < 4.78 is 25.9. The highest BCUT2D eigenvalue weighted by molar-refractivity contribution is 7.89. The van der Waals surface area contributed by atoms with Crippen LogP contribution in [-0.4, -0.2) is 37.6 Å². The molecule has 0 amide bonds. The highest BCUT2D eigenvalue weighted by Crippen LogP contribution is 2.26. The maximum Gasteiger partial charge on any atom is 0.214 e. The summed E-state index contributed by atoms with van der Waals surface area (Å²) in [6.07, 6.45) is 1.66. The SMILES string of the molecule is CC(C)CCS(=O)(=O)N1CCC(C)C1CN. The summed E-state index contributed by atoms with van der Waals surface area (Å²) in [5.74, 6) is 1.07. The Labute approximate surface area is 99.2 Å². The first kappa shape index (κ1) is 13.9. The Hall–Kier alpha value is -0.130. The van der Waals surface area contributed by atoms with E-state index < -0.39 is 10.0 Å². The van der Waals surface area contributed by atoms with Crippen molar-refractivity contribution in [2.45, 2.75) is 39.7 Å². The van der Waals surface area contributed by atoms with Crippen LogP contribution >= 0.6 is 0 Å². The molecule has 2 atom stereocenters. The summed E-state index contributed by atoms with van der Waals surface area (Å²) in [5, 5.41) is 0. The van der Waals surface area contributed by atoms with Gasteiger partial charge in [0.05, 0.1) is 5.75 Å². The summed E-state index contributed by atoms with van der Waals surface area (Å²) in [5.41, 5.74) is 5.66. The Kier molecular flexibility index (Phi) is 4.76. The highest BCUT2D eigenvalue weighted by Gasteiger charge is 2.37. The lowest BCUT2D eigenvalue weighted by atomic mass is 10.0. The van der Waals surface area contributed by atoms with E-state index in [4.69, 9.17) is 5.73 Å². The minimum absolute atomic E-state index is 0.0113. The summed E-state index contributed by atoms with van der Waals surface area (Å²) in [6, 6.07) is 0.0113. The quantitative estimate of drug-likeness (QED) is 0.790. The molecule has 96 valence electrons. The van der Waals surface area contributed by atoms with E-state index in [-0.39, 0.29) is 11.8 Å². The van der Waals surface area contributed by atoms with Crippen LogP contribution in [0.2, 0.25) is 0 Å². The third-order valence-corrected chi connectivity index (χ3v) is 5.30. The van der Waals surface area contributed by atoms with Gasteiger partial charge >= 0.3 is 0 Å². The first-order valence-electron chi connectivity index (χ1n) is 6.08. The number of sulfonamides is 1. The molecule has 1 rings (SSSR count). The second kappa shape index (κ2) is 5.47. The van der Waals surface area contributed by atoms with Crippen molar-refractivity contribution in [1.82, 2.24) is 4.31 Å². The Morgan fingerprint density at radius 2 is 2.06 bits per heavy atom. The zero-order chi connectivity index (χ0) is 12.3. The van der Waals surface area contributed by atoms with Crippen molar-refractivity contribution in [3.05, 3.63) is 0 Å². The Morgan fingerprint density at radius 3 is 2.56 bits per heavy atom. The molecule has 0 spiro atoms. The molecule has 1 aliphatic heterocycles. The molecule has 0 radical (unpaired) electrons. The van der Waals surface area contributed by atoms with Gasteiger partial charge in [0.25, 0.3) is 0 Å². The summed E-state index contributed by atoms with van der Waals surface area (Å²) >= 11 is 0. The minimum atomic E-state index is -3.10. The van der Waals surface area contributed by atoms with E-state index in [9.17, 15) is 8.42 Å². The monoisotopic (exact) mass is 248 g/mol. The largest absolute Gasteiger partial charge is 0.329 e. The Bertz CT molecular complexity index is 314. The summed E-state index contributed by atoms with van der Waals surface area (Å²) in [4.78, 5) is 0. The van der Waals surface area contributed by atoms with E-state index in [1.165, 1.54) is 0 Å². The third-order valence-electron chi connectivity index (χ3n) is 3.38. The maximum atomic E-state index is 12.1. The fourth-order valence-electron chi connectivity index (χ4n) is 2.17. The molecule has 1 aliphatic rings. The van der Waals surface area contributed by atoms with Crippen LogP contribution in [-0.2, 0) is 10.0 Å². The molecule has 0 aromatic rings. The van der Waals surface area contributed by atoms with Crippen LogP contribution in [0.25, 0.3) is 0 Å². The predicted octanol–water partition coefficient (Wildman–Crippen LogP) is 1.03. The first-order valence-corrected chi connectivity index (χ1v) is 7.69. The van der Waals surface area contributed by atoms with Gasteiger partial charge in [-0.25, -0.2) is 8.42 Å². The smallest absolute Gasteiger partial charge is 0.214 e. The fraction of sp³-hybridized carbons (Fsp3) is 1.00. The van der Waals surface area contributed by atoms with E-state index >= 15 is 0 Å². The highest BCUT2D eigenvalue weighted by atomic mass is 32.2. The number of hydrogen-bond acceptors (Lipinski definition) is 3. The van der Waals surface area contributed by atoms with E-state index in [0.717, 1.165) is 12.8 Å². The summed E-state index contributed by atoms with van der Waals surface area (Å²) in [6.45, 7) is 7.24. The molecule has 2 unspecified atom stereocenters. The van der Waals surface area contributed by atoms with Crippen LogP contribution in [0.5, 0.6) is 0 Å². The van der Waals surface area contributed by atoms with Gasteiger partial charge in [-0.05, 0) is 24.7 Å². The lowest BCUT2D eigenvalue weighted by Gasteiger charge is -2.25. The molecule has 2 N–H and O–H groups in total. The van der Waals surface area contributed by atoms with E-state index in [2.05, 4.69) is 6.92 Å². The van der Waals surface area contributed by atoms with Crippen LogP contribution in [0, 0.1) is 11.8 Å². The second-order valence-electron chi connectivity index (χ2n) is 5.18. The lowest BCUT2D eigenvalue weighted by Crippen LogP contribution is -2.43. The lowest BCUT2D eigenvalue weighted by molar-refractivity contribution is 0.353. The minimum Gasteiger partial charge on any atom is -0.329 e. The zero-order valence-corrected chi connectivity index (χ0v) is 11.3. The maximum absolute atomic E-state index is 12.1. The average Bonchev–Trinajstić information content (AvgIpc) is 2.57. The van der Waals surface area contributed by atoms with Gasteiger partial charge in [0.15, 0.2) is 0 Å². The van der Waals surface area contributed by atoms with Crippen molar-refractivity contribution in [3.8, 4) is 0 Å². The van der Waals surface area contributed by atoms with Gasteiger partial charge < -0.3 is 5.73 Å². The van der Waals surface area contributed by atoms with Crippen LogP contribution in [0.4, 0.5) is 0 Å². The van der Waals surface area contributed by atoms with Crippen molar-refractivity contribution in [3.63, 3.8) is 0 Å². The number of nitrogens with zero attached hydrogens (tertiary/aromatic N) is 1. The van der Waals surface area contributed by atoms with Crippen LogP contribution in [0.15, 0.2) is 0 Å². The molecule has 1 saturated heterocycles. The molecule has 16 heavy (non-hydrogen) atoms. The molecule has 1 fully saturated rings. The van der Waals surface area contributed by atoms with Gasteiger partial charge in [0.1, 0.15) is 0 Å². The summed E-state index contributed by atoms with van der Waals surface area (Å²) in [7, 11) is -3.10. The average molecular weight is 248 g/mol.